The van der Waals surface area contributed by atoms with E-state index in [0.29, 0.717) is 18.8 Å². The van der Waals surface area contributed by atoms with Crippen molar-refractivity contribution >= 4 is 22.6 Å². The average Bonchev–Trinajstić information content (AvgIpc) is 2.94. The van der Waals surface area contributed by atoms with Gasteiger partial charge in [-0.1, -0.05) is 24.3 Å². The van der Waals surface area contributed by atoms with Gasteiger partial charge in [-0.2, -0.15) is 0 Å². The lowest BCUT2D eigenvalue weighted by molar-refractivity contribution is 0.0763. The van der Waals surface area contributed by atoms with Crippen molar-refractivity contribution in [1.29, 1.82) is 0 Å². The molecule has 0 saturated carbocycles. The predicted octanol–water partition coefficient (Wildman–Crippen LogP) is 2.38. The van der Waals surface area contributed by atoms with E-state index < -0.39 is 0 Å². The molecule has 3 aromatic rings. The number of amides is 1. The number of anilines is 1. The van der Waals surface area contributed by atoms with Gasteiger partial charge in [0.15, 0.2) is 0 Å². The Kier molecular flexibility index (Phi) is 4.24. The van der Waals surface area contributed by atoms with Crippen LogP contribution in [0, 0.1) is 0 Å². The minimum absolute atomic E-state index is 0.00682. The number of carbonyl (C=O) groups is 1. The third kappa shape index (κ3) is 3.15. The van der Waals surface area contributed by atoms with Crippen LogP contribution >= 0.6 is 0 Å². The zero-order chi connectivity index (χ0) is 17.1. The van der Waals surface area contributed by atoms with Gasteiger partial charge in [-0.3, -0.25) is 9.78 Å². The van der Waals surface area contributed by atoms with Gasteiger partial charge in [-0.15, -0.1) is 0 Å². The molecule has 1 amide bonds. The van der Waals surface area contributed by atoms with E-state index in [2.05, 4.69) is 19.9 Å². The summed E-state index contributed by atoms with van der Waals surface area (Å²) in [5.74, 6) is 0.715. The summed E-state index contributed by atoms with van der Waals surface area (Å²) in [5, 5.41) is 1.94. The van der Waals surface area contributed by atoms with E-state index in [1.54, 1.807) is 18.6 Å². The molecule has 4 rings (SSSR count). The van der Waals surface area contributed by atoms with Crippen LogP contribution in [0.4, 0.5) is 5.95 Å². The number of hydrogen-bond acceptors (Lipinski definition) is 5. The Morgan fingerprint density at radius 2 is 1.68 bits per heavy atom. The van der Waals surface area contributed by atoms with E-state index in [1.807, 2.05) is 41.3 Å². The SMILES string of the molecule is O=C(c1nccc2ccccc12)N1CCCN(c2ncccn2)CC1. The highest BCUT2D eigenvalue weighted by atomic mass is 16.2. The quantitative estimate of drug-likeness (QED) is 0.720. The van der Waals surface area contributed by atoms with Crippen molar-refractivity contribution in [3.63, 3.8) is 0 Å². The van der Waals surface area contributed by atoms with Gasteiger partial charge in [0.05, 0.1) is 0 Å². The predicted molar refractivity (Wildman–Crippen MR) is 96.5 cm³/mol. The summed E-state index contributed by atoms with van der Waals surface area (Å²) >= 11 is 0. The third-order valence-corrected chi connectivity index (χ3v) is 4.49. The molecule has 0 spiro atoms. The van der Waals surface area contributed by atoms with Crippen LogP contribution in [0.15, 0.2) is 55.0 Å². The maximum Gasteiger partial charge on any atom is 0.273 e. The maximum absolute atomic E-state index is 13.0. The van der Waals surface area contributed by atoms with Crippen molar-refractivity contribution in [2.45, 2.75) is 6.42 Å². The summed E-state index contributed by atoms with van der Waals surface area (Å²) in [6.45, 7) is 2.92. The van der Waals surface area contributed by atoms with Crippen LogP contribution in [0.1, 0.15) is 16.9 Å². The topological polar surface area (TPSA) is 62.2 Å². The first-order valence-electron chi connectivity index (χ1n) is 8.48. The zero-order valence-electron chi connectivity index (χ0n) is 13.9. The molecular weight excluding hydrogens is 314 g/mol. The number of rotatable bonds is 2. The Morgan fingerprint density at radius 1 is 0.840 bits per heavy atom. The molecule has 1 aliphatic heterocycles. The molecule has 1 saturated heterocycles. The lowest BCUT2D eigenvalue weighted by atomic mass is 10.1. The van der Waals surface area contributed by atoms with Gasteiger partial charge >= 0.3 is 0 Å². The first kappa shape index (κ1) is 15.5. The number of benzene rings is 1. The van der Waals surface area contributed by atoms with Crippen LogP contribution in [0.3, 0.4) is 0 Å². The van der Waals surface area contributed by atoms with Gasteiger partial charge < -0.3 is 9.80 Å². The van der Waals surface area contributed by atoms with E-state index in [1.165, 1.54) is 0 Å². The fraction of sp³-hybridized carbons (Fsp3) is 0.263. The van der Waals surface area contributed by atoms with Gasteiger partial charge in [0.25, 0.3) is 5.91 Å². The molecule has 0 unspecified atom stereocenters. The fourth-order valence-corrected chi connectivity index (χ4v) is 3.21. The highest BCUT2D eigenvalue weighted by Crippen LogP contribution is 2.19. The van der Waals surface area contributed by atoms with Crippen molar-refractivity contribution < 1.29 is 4.79 Å². The molecule has 0 N–H and O–H groups in total. The van der Waals surface area contributed by atoms with E-state index in [0.717, 1.165) is 36.2 Å². The van der Waals surface area contributed by atoms with Crippen molar-refractivity contribution in [1.82, 2.24) is 19.9 Å². The number of carbonyl (C=O) groups excluding carboxylic acids is 1. The van der Waals surface area contributed by atoms with Crippen LogP contribution in [0.2, 0.25) is 0 Å². The monoisotopic (exact) mass is 333 g/mol. The standard InChI is InChI=1S/C19H19N5O/c25-18(17-16-6-2-1-5-15(16)7-10-20-17)23-11-4-12-24(14-13-23)19-21-8-3-9-22-19/h1-3,5-10H,4,11-14H2. The highest BCUT2D eigenvalue weighted by Gasteiger charge is 2.23. The molecule has 2 aromatic heterocycles. The smallest absolute Gasteiger partial charge is 0.273 e. The second kappa shape index (κ2) is 6.84. The maximum atomic E-state index is 13.0. The minimum atomic E-state index is -0.00682. The van der Waals surface area contributed by atoms with E-state index in [-0.39, 0.29) is 5.91 Å². The molecule has 25 heavy (non-hydrogen) atoms. The van der Waals surface area contributed by atoms with Crippen LogP contribution in [0.25, 0.3) is 10.8 Å². The second-order valence-electron chi connectivity index (χ2n) is 6.06. The first-order chi connectivity index (χ1) is 12.3. The Balaban J connectivity index is 1.55. The lowest BCUT2D eigenvalue weighted by Gasteiger charge is -2.22. The van der Waals surface area contributed by atoms with Crippen molar-refractivity contribution in [3.8, 4) is 0 Å². The average molecular weight is 333 g/mol. The summed E-state index contributed by atoms with van der Waals surface area (Å²) in [7, 11) is 0. The van der Waals surface area contributed by atoms with Gasteiger partial charge in [-0.25, -0.2) is 9.97 Å². The van der Waals surface area contributed by atoms with E-state index in [4.69, 9.17) is 0 Å². The number of fused-ring (bicyclic) bond motifs is 1. The summed E-state index contributed by atoms with van der Waals surface area (Å²) in [5.41, 5.74) is 0.530. The van der Waals surface area contributed by atoms with E-state index >= 15 is 0 Å². The van der Waals surface area contributed by atoms with E-state index in [9.17, 15) is 4.79 Å². The largest absolute Gasteiger partial charge is 0.339 e. The van der Waals surface area contributed by atoms with Gasteiger partial charge in [0.2, 0.25) is 5.95 Å². The second-order valence-corrected chi connectivity index (χ2v) is 6.06. The van der Waals surface area contributed by atoms with Crippen molar-refractivity contribution in [2.75, 3.05) is 31.1 Å². The third-order valence-electron chi connectivity index (χ3n) is 4.49. The highest BCUT2D eigenvalue weighted by molar-refractivity contribution is 6.05. The molecule has 1 fully saturated rings. The normalized spacial score (nSPS) is 15.2. The number of pyridine rings is 1. The van der Waals surface area contributed by atoms with Crippen molar-refractivity contribution in [3.05, 3.63) is 60.7 Å². The Bertz CT molecular complexity index is 878. The molecule has 0 atom stereocenters. The molecule has 6 heteroatoms. The molecule has 1 aromatic carbocycles. The van der Waals surface area contributed by atoms with Crippen LogP contribution in [-0.4, -0.2) is 51.9 Å². The molecular formula is C19H19N5O. The Labute approximate surface area is 146 Å². The first-order valence-corrected chi connectivity index (χ1v) is 8.48. The summed E-state index contributed by atoms with van der Waals surface area (Å²) in [6.07, 6.45) is 6.08. The van der Waals surface area contributed by atoms with Crippen LogP contribution < -0.4 is 4.90 Å². The molecule has 0 bridgehead atoms. The Morgan fingerprint density at radius 3 is 2.56 bits per heavy atom. The molecule has 1 aliphatic rings. The van der Waals surface area contributed by atoms with Gasteiger partial charge in [0.1, 0.15) is 5.69 Å². The van der Waals surface area contributed by atoms with Crippen molar-refractivity contribution in [2.24, 2.45) is 0 Å². The summed E-state index contributed by atoms with van der Waals surface area (Å²) in [4.78, 5) is 30.0. The molecule has 126 valence electrons. The zero-order valence-corrected chi connectivity index (χ0v) is 13.9. The fourth-order valence-electron chi connectivity index (χ4n) is 3.21. The van der Waals surface area contributed by atoms with Crippen LogP contribution in [0.5, 0.6) is 0 Å². The Hall–Kier alpha value is -3.02. The number of aromatic nitrogens is 3. The molecule has 0 radical (unpaired) electrons. The number of hydrogen-bond donors (Lipinski definition) is 0. The van der Waals surface area contributed by atoms with Gasteiger partial charge in [-0.05, 0) is 23.9 Å². The summed E-state index contributed by atoms with van der Waals surface area (Å²) in [6, 6.07) is 11.6. The molecule has 0 aliphatic carbocycles. The molecule has 3 heterocycles. The lowest BCUT2D eigenvalue weighted by Crippen LogP contribution is -2.36. The van der Waals surface area contributed by atoms with Crippen LogP contribution in [-0.2, 0) is 0 Å². The minimum Gasteiger partial charge on any atom is -0.339 e. The van der Waals surface area contributed by atoms with Gasteiger partial charge in [0, 0.05) is 50.2 Å². The summed E-state index contributed by atoms with van der Waals surface area (Å²) < 4.78 is 0. The molecule has 6 nitrogen and oxygen atoms in total. The number of nitrogens with zero attached hydrogens (tertiary/aromatic N) is 5.